The number of rotatable bonds is 16. The maximum Gasteiger partial charge on any atom is 0.348 e. The van der Waals surface area contributed by atoms with E-state index in [0.717, 1.165) is 47.3 Å². The molecule has 1 aromatic heterocycles. The van der Waals surface area contributed by atoms with E-state index in [9.17, 15) is 14.4 Å². The molecule has 4 N–H and O–H groups in total. The number of H-pyrrole nitrogens is 1. The average Bonchev–Trinajstić information content (AvgIpc) is 3.66. The highest BCUT2D eigenvalue weighted by molar-refractivity contribution is 6.03. The Morgan fingerprint density at radius 3 is 2.12 bits per heavy atom. The number of imidazole rings is 1. The highest BCUT2D eigenvalue weighted by Gasteiger charge is 2.28. The summed E-state index contributed by atoms with van der Waals surface area (Å²) >= 11 is 0. The molecular formula is C32H38N4O6. The minimum absolute atomic E-state index is 0.215. The molecule has 0 aliphatic carbocycles. The van der Waals surface area contributed by atoms with Gasteiger partial charge in [0.1, 0.15) is 12.4 Å². The fourth-order valence-electron chi connectivity index (χ4n) is 4.94. The third-order valence-corrected chi connectivity index (χ3v) is 7.32. The quantitative estimate of drug-likeness (QED) is 0.157. The summed E-state index contributed by atoms with van der Waals surface area (Å²) in [6.45, 7) is 1.79. The van der Waals surface area contributed by atoms with Crippen LogP contribution in [0.4, 0.5) is 0 Å². The Kier molecular flexibility index (Phi) is 10.9. The number of oxime groups is 1. The van der Waals surface area contributed by atoms with Crippen molar-refractivity contribution in [1.29, 1.82) is 0 Å². The SMILES string of the molecule is CCCCCCCCCCc1[nH]c(-c2ccc(C3=NOC(C(=O)O)C3)cc2)nc1-c1ccc(C(=O)NCC(=O)O)cc1. The lowest BCUT2D eigenvalue weighted by Crippen LogP contribution is -2.29. The first-order valence-electron chi connectivity index (χ1n) is 14.6. The van der Waals surface area contributed by atoms with E-state index >= 15 is 0 Å². The van der Waals surface area contributed by atoms with Crippen LogP contribution in [0.3, 0.4) is 0 Å². The van der Waals surface area contributed by atoms with Gasteiger partial charge in [0.15, 0.2) is 0 Å². The topological polar surface area (TPSA) is 154 Å². The number of carbonyl (C=O) groups is 3. The van der Waals surface area contributed by atoms with Crippen LogP contribution in [0, 0.1) is 0 Å². The van der Waals surface area contributed by atoms with E-state index in [1.807, 2.05) is 36.4 Å². The molecule has 0 saturated carbocycles. The normalized spacial score (nSPS) is 14.3. The number of hydrogen-bond donors (Lipinski definition) is 4. The van der Waals surface area contributed by atoms with Crippen molar-refractivity contribution in [2.24, 2.45) is 5.16 Å². The van der Waals surface area contributed by atoms with Gasteiger partial charge < -0.3 is 25.4 Å². The predicted octanol–water partition coefficient (Wildman–Crippen LogP) is 5.82. The molecular weight excluding hydrogens is 536 g/mol. The number of aromatic amines is 1. The summed E-state index contributed by atoms with van der Waals surface area (Å²) in [5.41, 5.74) is 5.33. The summed E-state index contributed by atoms with van der Waals surface area (Å²) in [7, 11) is 0. The standard InChI is InChI=1S/C32H38N4O6/c1-2-3-4-5-6-7-8-9-10-25-29(22-13-17-24(18-14-22)31(39)33-20-28(37)38)35-30(34-25)23-15-11-21(12-16-23)26-19-27(32(40)41)42-36-26/h11-18,27H,2-10,19-20H2,1H3,(H,33,39)(H,34,35)(H,37,38)(H,40,41). The average molecular weight is 575 g/mol. The number of carboxylic acids is 2. The van der Waals surface area contributed by atoms with E-state index in [-0.39, 0.29) is 6.42 Å². The molecule has 1 aliphatic heterocycles. The number of unbranched alkanes of at least 4 members (excludes halogenated alkanes) is 7. The third kappa shape index (κ3) is 8.28. The lowest BCUT2D eigenvalue weighted by molar-refractivity contribution is -0.148. The Balaban J connectivity index is 1.49. The summed E-state index contributed by atoms with van der Waals surface area (Å²) in [5, 5.41) is 24.3. The van der Waals surface area contributed by atoms with Gasteiger partial charge in [-0.1, -0.05) is 93.4 Å². The second-order valence-electron chi connectivity index (χ2n) is 10.5. The third-order valence-electron chi connectivity index (χ3n) is 7.32. The second-order valence-corrected chi connectivity index (χ2v) is 10.5. The molecule has 10 nitrogen and oxygen atoms in total. The first-order chi connectivity index (χ1) is 20.4. The maximum absolute atomic E-state index is 12.3. The summed E-state index contributed by atoms with van der Waals surface area (Å²) in [6.07, 6.45) is 9.84. The van der Waals surface area contributed by atoms with Crippen LogP contribution in [0.25, 0.3) is 22.6 Å². The van der Waals surface area contributed by atoms with Crippen LogP contribution in [0.2, 0.25) is 0 Å². The highest BCUT2D eigenvalue weighted by Crippen LogP contribution is 2.29. The fourth-order valence-corrected chi connectivity index (χ4v) is 4.94. The molecule has 1 unspecified atom stereocenters. The van der Waals surface area contributed by atoms with Crippen LogP contribution in [-0.2, 0) is 20.8 Å². The molecule has 0 bridgehead atoms. The summed E-state index contributed by atoms with van der Waals surface area (Å²) in [5.74, 6) is -1.87. The van der Waals surface area contributed by atoms with E-state index in [2.05, 4.69) is 22.4 Å². The van der Waals surface area contributed by atoms with Gasteiger partial charge in [-0.05, 0) is 30.5 Å². The van der Waals surface area contributed by atoms with Gasteiger partial charge in [-0.15, -0.1) is 0 Å². The van der Waals surface area contributed by atoms with E-state index < -0.39 is 30.5 Å². The zero-order valence-corrected chi connectivity index (χ0v) is 23.9. The number of nitrogens with zero attached hydrogens (tertiary/aromatic N) is 2. The van der Waals surface area contributed by atoms with E-state index in [1.165, 1.54) is 38.5 Å². The minimum atomic E-state index is -1.10. The fraction of sp³-hybridized carbons (Fsp3) is 0.406. The first kappa shape index (κ1) is 30.5. The lowest BCUT2D eigenvalue weighted by Gasteiger charge is -2.06. The Morgan fingerprint density at radius 2 is 1.50 bits per heavy atom. The zero-order chi connectivity index (χ0) is 29.9. The van der Waals surface area contributed by atoms with Crippen molar-refractivity contribution in [3.8, 4) is 22.6 Å². The lowest BCUT2D eigenvalue weighted by atomic mass is 10.0. The molecule has 1 aliphatic rings. The molecule has 2 aromatic carbocycles. The Hall–Kier alpha value is -4.47. The number of aromatic nitrogens is 2. The van der Waals surface area contributed by atoms with Gasteiger partial charge in [-0.2, -0.15) is 0 Å². The van der Waals surface area contributed by atoms with Gasteiger partial charge >= 0.3 is 11.9 Å². The molecule has 0 radical (unpaired) electrons. The number of aliphatic carboxylic acids is 2. The Bertz CT molecular complexity index is 1400. The van der Waals surface area contributed by atoms with Crippen LogP contribution < -0.4 is 5.32 Å². The van der Waals surface area contributed by atoms with Crippen LogP contribution in [-0.4, -0.2) is 56.4 Å². The molecule has 1 atom stereocenters. The number of benzene rings is 2. The predicted molar refractivity (Wildman–Crippen MR) is 159 cm³/mol. The van der Waals surface area contributed by atoms with E-state index in [0.29, 0.717) is 17.1 Å². The summed E-state index contributed by atoms with van der Waals surface area (Å²) in [4.78, 5) is 47.7. The molecule has 2 heterocycles. The van der Waals surface area contributed by atoms with Crippen molar-refractivity contribution < 1.29 is 29.4 Å². The van der Waals surface area contributed by atoms with Gasteiger partial charge in [0.25, 0.3) is 5.91 Å². The minimum Gasteiger partial charge on any atom is -0.480 e. The van der Waals surface area contributed by atoms with Gasteiger partial charge in [-0.3, -0.25) is 9.59 Å². The van der Waals surface area contributed by atoms with Gasteiger partial charge in [-0.25, -0.2) is 9.78 Å². The van der Waals surface area contributed by atoms with Gasteiger partial charge in [0.05, 0.1) is 11.4 Å². The Morgan fingerprint density at radius 1 is 0.881 bits per heavy atom. The summed E-state index contributed by atoms with van der Waals surface area (Å²) < 4.78 is 0. The van der Waals surface area contributed by atoms with E-state index in [1.54, 1.807) is 12.1 Å². The molecule has 3 aromatic rings. The molecule has 1 amide bonds. The zero-order valence-electron chi connectivity index (χ0n) is 23.9. The van der Waals surface area contributed by atoms with Crippen LogP contribution in [0.1, 0.15) is 86.3 Å². The molecule has 0 spiro atoms. The van der Waals surface area contributed by atoms with Gasteiger partial charge in [0.2, 0.25) is 6.10 Å². The first-order valence-corrected chi connectivity index (χ1v) is 14.6. The number of hydrogen-bond acceptors (Lipinski definition) is 6. The van der Waals surface area contributed by atoms with Crippen molar-refractivity contribution in [2.45, 2.75) is 77.2 Å². The molecule has 0 fully saturated rings. The van der Waals surface area contributed by atoms with Crippen LogP contribution >= 0.6 is 0 Å². The van der Waals surface area contributed by atoms with Crippen molar-refractivity contribution in [3.05, 3.63) is 65.4 Å². The maximum atomic E-state index is 12.3. The largest absolute Gasteiger partial charge is 0.480 e. The van der Waals surface area contributed by atoms with Crippen molar-refractivity contribution in [3.63, 3.8) is 0 Å². The molecule has 10 heteroatoms. The number of aryl methyl sites for hydroxylation is 1. The van der Waals surface area contributed by atoms with Crippen LogP contribution in [0.5, 0.6) is 0 Å². The highest BCUT2D eigenvalue weighted by atomic mass is 16.7. The van der Waals surface area contributed by atoms with Crippen LogP contribution in [0.15, 0.2) is 53.7 Å². The smallest absolute Gasteiger partial charge is 0.348 e. The second kappa shape index (κ2) is 15.0. The molecule has 42 heavy (non-hydrogen) atoms. The molecule has 222 valence electrons. The monoisotopic (exact) mass is 574 g/mol. The Labute approximate surface area is 245 Å². The van der Waals surface area contributed by atoms with Crippen molar-refractivity contribution >= 4 is 23.6 Å². The molecule has 4 rings (SSSR count). The van der Waals surface area contributed by atoms with E-state index in [4.69, 9.17) is 20.0 Å². The number of carboxylic acid groups (broad SMARTS) is 2. The number of amides is 1. The molecule has 0 saturated heterocycles. The number of nitrogens with one attached hydrogen (secondary N) is 2. The van der Waals surface area contributed by atoms with Crippen molar-refractivity contribution in [2.75, 3.05) is 6.54 Å². The number of carbonyl (C=O) groups excluding carboxylic acids is 1. The van der Waals surface area contributed by atoms with Gasteiger partial charge in [0, 0.05) is 28.8 Å². The van der Waals surface area contributed by atoms with Crippen molar-refractivity contribution in [1.82, 2.24) is 15.3 Å². The summed E-state index contributed by atoms with van der Waals surface area (Å²) in [6, 6.07) is 14.6.